The van der Waals surface area contributed by atoms with E-state index in [1.165, 1.54) is 12.5 Å². The Morgan fingerprint density at radius 3 is 2.00 bits per heavy atom. The molecule has 8 rings (SSSR count). The number of fused-ring (bicyclic) bond motifs is 7. The van der Waals surface area contributed by atoms with Gasteiger partial charge in [-0.05, 0) is 116 Å². The van der Waals surface area contributed by atoms with E-state index >= 15 is 0 Å². The minimum Gasteiger partial charge on any atom is -0.481 e. The molecule has 3 saturated heterocycles. The third kappa shape index (κ3) is 7.21. The van der Waals surface area contributed by atoms with E-state index in [2.05, 4.69) is 54.5 Å². The molecule has 0 radical (unpaired) electrons. The number of ether oxygens (including phenoxy) is 6. The highest BCUT2D eigenvalue weighted by Crippen LogP contribution is 2.76. The number of hydrogen-bond donors (Lipinski definition) is 8. The Kier molecular flexibility index (Phi) is 12.1. The van der Waals surface area contributed by atoms with E-state index in [1.807, 2.05) is 0 Å². The second-order valence-corrected chi connectivity index (χ2v) is 22.6. The lowest BCUT2D eigenvalue weighted by atomic mass is 9.33. The summed E-state index contributed by atoms with van der Waals surface area (Å²) in [5.74, 6) is 0.0702. The number of rotatable bonds is 7. The lowest BCUT2D eigenvalue weighted by molar-refractivity contribution is -0.378. The van der Waals surface area contributed by atoms with Gasteiger partial charge in [0.1, 0.15) is 54.9 Å². The topological polar surface area (TPSA) is 234 Å². The molecule has 4 saturated carbocycles. The SMILES string of the molecule is C[C@@H]1O[C@@H](O[C@H]2[C@H](O[C@H]3CC[C@]4(C)[C@H]5CC=C6[C@@H]7CC(C)(C)CC[C@]7(C(=O)O)CC[C@@]6(C)[C@]5(C)CC[C@H]4C3(C)C)OC[C@H](O)[C@@H]2O)[C@H](O)[C@H](O[C@@H]2OC[C@@H](O)[C@@H](O)[C@H]2O)[C@H]1O. The first-order chi connectivity index (χ1) is 28.4. The van der Waals surface area contributed by atoms with Crippen LogP contribution >= 0.6 is 0 Å². The van der Waals surface area contributed by atoms with Crippen LogP contribution in [0.15, 0.2) is 11.6 Å². The molecule has 0 spiro atoms. The fraction of sp³-hybridized carbons (Fsp3) is 0.935. The zero-order chi connectivity index (χ0) is 44.4. The number of carboxylic acids is 1. The van der Waals surface area contributed by atoms with Crippen molar-refractivity contribution in [2.45, 2.75) is 206 Å². The zero-order valence-electron chi connectivity index (χ0n) is 37.3. The van der Waals surface area contributed by atoms with E-state index in [9.17, 15) is 45.6 Å². The largest absolute Gasteiger partial charge is 0.481 e. The van der Waals surface area contributed by atoms with Gasteiger partial charge in [-0.3, -0.25) is 4.79 Å². The molecular weight excluding hydrogens is 792 g/mol. The summed E-state index contributed by atoms with van der Waals surface area (Å²) in [6, 6.07) is 0. The third-order valence-corrected chi connectivity index (χ3v) is 18.5. The number of aliphatic hydroxyl groups is 7. The van der Waals surface area contributed by atoms with Gasteiger partial charge in [0.25, 0.3) is 0 Å². The van der Waals surface area contributed by atoms with E-state index < -0.39 is 91.3 Å². The fourth-order valence-electron chi connectivity index (χ4n) is 14.5. The maximum absolute atomic E-state index is 13.1. The van der Waals surface area contributed by atoms with E-state index in [4.69, 9.17) is 28.4 Å². The van der Waals surface area contributed by atoms with Crippen LogP contribution < -0.4 is 0 Å². The van der Waals surface area contributed by atoms with Crippen LogP contribution in [0.2, 0.25) is 0 Å². The molecule has 0 aromatic rings. The molecule has 8 N–H and O–H groups in total. The molecule has 15 nitrogen and oxygen atoms in total. The predicted octanol–water partition coefficient (Wildman–Crippen LogP) is 3.01. The molecule has 5 aliphatic carbocycles. The predicted molar refractivity (Wildman–Crippen MR) is 217 cm³/mol. The number of aliphatic carboxylic acids is 1. The Morgan fingerprint density at radius 2 is 1.31 bits per heavy atom. The average Bonchev–Trinajstić information content (AvgIpc) is 3.18. The summed E-state index contributed by atoms with van der Waals surface area (Å²) < 4.78 is 36.2. The summed E-state index contributed by atoms with van der Waals surface area (Å²) >= 11 is 0. The van der Waals surface area contributed by atoms with Crippen molar-refractivity contribution in [1.29, 1.82) is 0 Å². The highest BCUT2D eigenvalue weighted by Gasteiger charge is 2.69. The van der Waals surface area contributed by atoms with E-state index in [0.717, 1.165) is 57.8 Å². The standard InChI is InChI=1S/C46H74O15/c1-22-30(49)35(60-37-33(52)31(50)25(47)20-56-37)34(53)38(58-22)61-36-32(51)26(48)21-57-39(36)59-29-12-13-43(6)27(42(29,4)5)11-14-45(8)28(43)10-9-23-24-19-41(2,3)15-17-46(24,40(54)55)18-16-44(23,45)7/h9,22,24-39,47-53H,10-21H2,1-8H3,(H,54,55)/t22-,24-,25+,26-,27-,28+,29-,30-,31+,32-,33+,34+,35+,36+,37-,38-,39-,43-,44+,45+,46-/m0/s1. The summed E-state index contributed by atoms with van der Waals surface area (Å²) in [5.41, 5.74) is 0.298. The molecule has 348 valence electrons. The van der Waals surface area contributed by atoms with Gasteiger partial charge >= 0.3 is 5.97 Å². The Balaban J connectivity index is 1.00. The first kappa shape index (κ1) is 46.2. The maximum Gasteiger partial charge on any atom is 0.310 e. The number of hydrogen-bond acceptors (Lipinski definition) is 14. The molecular formula is C46H74O15. The molecule has 0 amide bonds. The second kappa shape index (κ2) is 15.9. The van der Waals surface area contributed by atoms with Gasteiger partial charge in [-0.2, -0.15) is 0 Å². The molecule has 21 atom stereocenters. The van der Waals surface area contributed by atoms with Gasteiger partial charge in [-0.15, -0.1) is 0 Å². The minimum absolute atomic E-state index is 0.0145. The molecule has 0 bridgehead atoms. The van der Waals surface area contributed by atoms with Crippen molar-refractivity contribution in [1.82, 2.24) is 0 Å². The zero-order valence-corrected chi connectivity index (χ0v) is 37.3. The van der Waals surface area contributed by atoms with Crippen molar-refractivity contribution in [2.24, 2.45) is 50.2 Å². The summed E-state index contributed by atoms with van der Waals surface area (Å²) in [6.45, 7) is 17.5. The van der Waals surface area contributed by atoms with Crippen LogP contribution in [0.3, 0.4) is 0 Å². The summed E-state index contributed by atoms with van der Waals surface area (Å²) in [4.78, 5) is 13.1. The van der Waals surface area contributed by atoms with Crippen molar-refractivity contribution < 1.29 is 74.1 Å². The Labute approximate surface area is 360 Å². The normalized spacial score (nSPS) is 54.3. The van der Waals surface area contributed by atoms with Crippen molar-refractivity contribution in [3.05, 3.63) is 11.6 Å². The Bertz CT molecular complexity index is 1670. The highest BCUT2D eigenvalue weighted by molar-refractivity contribution is 5.76. The lowest BCUT2D eigenvalue weighted by Gasteiger charge is -2.71. The fourth-order valence-corrected chi connectivity index (χ4v) is 14.5. The summed E-state index contributed by atoms with van der Waals surface area (Å²) in [7, 11) is 0. The van der Waals surface area contributed by atoms with E-state index in [-0.39, 0.29) is 58.2 Å². The molecule has 0 unspecified atom stereocenters. The van der Waals surface area contributed by atoms with Crippen molar-refractivity contribution in [3.8, 4) is 0 Å². The van der Waals surface area contributed by atoms with Crippen molar-refractivity contribution in [2.75, 3.05) is 13.2 Å². The Hall–Kier alpha value is -1.31. The Morgan fingerprint density at radius 1 is 0.672 bits per heavy atom. The first-order valence-electron chi connectivity index (χ1n) is 23.0. The van der Waals surface area contributed by atoms with Gasteiger partial charge in [-0.1, -0.05) is 60.1 Å². The lowest BCUT2D eigenvalue weighted by Crippen LogP contribution is -2.66. The second-order valence-electron chi connectivity index (χ2n) is 22.6. The monoisotopic (exact) mass is 867 g/mol. The highest BCUT2D eigenvalue weighted by atomic mass is 16.8. The van der Waals surface area contributed by atoms with Crippen LogP contribution in [0.25, 0.3) is 0 Å². The molecule has 8 aliphatic rings. The number of allylic oxidation sites excluding steroid dienone is 2. The maximum atomic E-state index is 13.1. The van der Waals surface area contributed by atoms with Crippen molar-refractivity contribution in [3.63, 3.8) is 0 Å². The van der Waals surface area contributed by atoms with Gasteiger partial charge in [0, 0.05) is 0 Å². The van der Waals surface area contributed by atoms with Gasteiger partial charge in [0.2, 0.25) is 0 Å². The van der Waals surface area contributed by atoms with Gasteiger partial charge < -0.3 is 69.3 Å². The van der Waals surface area contributed by atoms with Crippen LogP contribution in [0.1, 0.15) is 120 Å². The summed E-state index contributed by atoms with van der Waals surface area (Å²) in [5, 5.41) is 85.9. The van der Waals surface area contributed by atoms with Crippen LogP contribution in [0.4, 0.5) is 0 Å². The molecule has 0 aromatic carbocycles. The quantitative estimate of drug-likeness (QED) is 0.136. The smallest absolute Gasteiger partial charge is 0.310 e. The molecule has 61 heavy (non-hydrogen) atoms. The van der Waals surface area contributed by atoms with E-state index in [0.29, 0.717) is 12.3 Å². The third-order valence-electron chi connectivity index (χ3n) is 18.5. The van der Waals surface area contributed by atoms with Crippen LogP contribution in [-0.4, -0.2) is 146 Å². The molecule has 7 fully saturated rings. The molecule has 3 heterocycles. The number of carbonyl (C=O) groups is 1. The average molecular weight is 867 g/mol. The summed E-state index contributed by atoms with van der Waals surface area (Å²) in [6.07, 6.45) is -7.57. The number of aliphatic hydroxyl groups excluding tert-OH is 7. The number of carboxylic acid groups (broad SMARTS) is 1. The molecule has 3 aliphatic heterocycles. The van der Waals surface area contributed by atoms with Gasteiger partial charge in [0.15, 0.2) is 18.9 Å². The molecule has 0 aromatic heterocycles. The minimum atomic E-state index is -1.69. The van der Waals surface area contributed by atoms with Crippen LogP contribution in [0, 0.1) is 50.2 Å². The van der Waals surface area contributed by atoms with Gasteiger partial charge in [-0.25, -0.2) is 0 Å². The van der Waals surface area contributed by atoms with Gasteiger partial charge in [0.05, 0.1) is 30.8 Å². The van der Waals surface area contributed by atoms with Crippen LogP contribution in [0.5, 0.6) is 0 Å². The van der Waals surface area contributed by atoms with E-state index in [1.54, 1.807) is 0 Å². The van der Waals surface area contributed by atoms with Crippen molar-refractivity contribution >= 4 is 5.97 Å². The molecule has 15 heteroatoms. The first-order valence-corrected chi connectivity index (χ1v) is 23.0. The van der Waals surface area contributed by atoms with Crippen LogP contribution in [-0.2, 0) is 33.2 Å².